The largest absolute Gasteiger partial charge is 0.328 e. The van der Waals surface area contributed by atoms with Gasteiger partial charge in [0.15, 0.2) is 0 Å². The highest BCUT2D eigenvalue weighted by Crippen LogP contribution is 2.08. The fraction of sp³-hybridized carbons (Fsp3) is 0.143. The average Bonchev–Trinajstić information content (AvgIpc) is 2.41. The number of aromatic nitrogens is 2. The smallest absolute Gasteiger partial charge is 0.320 e. The average molecular weight is 255 g/mol. The molecule has 0 saturated heterocycles. The SMILES string of the molecule is NCC#Cc1ccccc1Cn1ccc(=O)[nH]c1=O. The molecule has 1 aromatic carbocycles. The van der Waals surface area contributed by atoms with Crippen molar-refractivity contribution >= 4 is 0 Å². The van der Waals surface area contributed by atoms with E-state index >= 15 is 0 Å². The Morgan fingerprint density at radius 1 is 1.21 bits per heavy atom. The molecule has 3 N–H and O–H groups in total. The van der Waals surface area contributed by atoms with Gasteiger partial charge in [-0.15, -0.1) is 0 Å². The van der Waals surface area contributed by atoms with Gasteiger partial charge < -0.3 is 5.73 Å². The van der Waals surface area contributed by atoms with Crippen LogP contribution in [0.15, 0.2) is 46.1 Å². The lowest BCUT2D eigenvalue weighted by Gasteiger charge is -2.06. The van der Waals surface area contributed by atoms with Gasteiger partial charge in [-0.3, -0.25) is 14.3 Å². The van der Waals surface area contributed by atoms with E-state index in [0.717, 1.165) is 11.1 Å². The molecule has 1 heterocycles. The van der Waals surface area contributed by atoms with Gasteiger partial charge in [-0.05, 0) is 11.6 Å². The van der Waals surface area contributed by atoms with Crippen molar-refractivity contribution in [2.24, 2.45) is 5.73 Å². The molecule has 0 amide bonds. The maximum Gasteiger partial charge on any atom is 0.328 e. The maximum atomic E-state index is 11.6. The second-order valence-corrected chi connectivity index (χ2v) is 3.90. The summed E-state index contributed by atoms with van der Waals surface area (Å²) in [4.78, 5) is 24.8. The second-order valence-electron chi connectivity index (χ2n) is 3.90. The predicted octanol–water partition coefficient (Wildman–Crippen LogP) is -0.105. The van der Waals surface area contributed by atoms with Crippen LogP contribution in [0, 0.1) is 11.8 Å². The van der Waals surface area contributed by atoms with E-state index in [1.165, 1.54) is 16.8 Å². The predicted molar refractivity (Wildman–Crippen MR) is 72.8 cm³/mol. The molecule has 0 unspecified atom stereocenters. The van der Waals surface area contributed by atoms with Crippen molar-refractivity contribution in [2.45, 2.75) is 6.54 Å². The number of hydrogen-bond acceptors (Lipinski definition) is 3. The van der Waals surface area contributed by atoms with Crippen LogP contribution in [0.5, 0.6) is 0 Å². The first kappa shape index (κ1) is 12.9. The number of nitrogens with two attached hydrogens (primary N) is 1. The number of benzene rings is 1. The summed E-state index contributed by atoms with van der Waals surface area (Å²) < 4.78 is 1.42. The van der Waals surface area contributed by atoms with Gasteiger partial charge in [-0.25, -0.2) is 4.79 Å². The van der Waals surface area contributed by atoms with E-state index in [0.29, 0.717) is 6.54 Å². The highest BCUT2D eigenvalue weighted by molar-refractivity contribution is 5.41. The van der Waals surface area contributed by atoms with Gasteiger partial charge in [-0.2, -0.15) is 0 Å². The number of nitrogens with zero attached hydrogens (tertiary/aromatic N) is 1. The summed E-state index contributed by atoms with van der Waals surface area (Å²) in [6.45, 7) is 0.637. The number of nitrogens with one attached hydrogen (secondary N) is 1. The number of aromatic amines is 1. The molecular weight excluding hydrogens is 242 g/mol. The number of rotatable bonds is 2. The van der Waals surface area contributed by atoms with E-state index in [1.54, 1.807) is 0 Å². The van der Waals surface area contributed by atoms with Gasteiger partial charge in [0.1, 0.15) is 0 Å². The summed E-state index contributed by atoms with van der Waals surface area (Å²) in [7, 11) is 0. The van der Waals surface area contributed by atoms with E-state index < -0.39 is 11.2 Å². The zero-order valence-corrected chi connectivity index (χ0v) is 10.2. The second kappa shape index (κ2) is 5.85. The molecule has 2 aromatic rings. The van der Waals surface area contributed by atoms with Crippen LogP contribution in [0.25, 0.3) is 0 Å². The minimum Gasteiger partial charge on any atom is -0.320 e. The fourth-order valence-electron chi connectivity index (χ4n) is 1.68. The van der Waals surface area contributed by atoms with Gasteiger partial charge in [-0.1, -0.05) is 30.0 Å². The van der Waals surface area contributed by atoms with Crippen LogP contribution in [0.3, 0.4) is 0 Å². The fourth-order valence-corrected chi connectivity index (χ4v) is 1.68. The third kappa shape index (κ3) is 3.21. The van der Waals surface area contributed by atoms with Crippen molar-refractivity contribution < 1.29 is 0 Å². The Morgan fingerprint density at radius 2 is 2.00 bits per heavy atom. The van der Waals surface area contributed by atoms with Crippen LogP contribution in [-0.4, -0.2) is 16.1 Å². The van der Waals surface area contributed by atoms with E-state index in [9.17, 15) is 9.59 Å². The van der Waals surface area contributed by atoms with Crippen molar-refractivity contribution in [3.63, 3.8) is 0 Å². The third-order valence-corrected chi connectivity index (χ3v) is 2.58. The van der Waals surface area contributed by atoms with Gasteiger partial charge in [0.2, 0.25) is 0 Å². The van der Waals surface area contributed by atoms with E-state index in [-0.39, 0.29) is 6.54 Å². The van der Waals surface area contributed by atoms with Crippen LogP contribution >= 0.6 is 0 Å². The molecular formula is C14H13N3O2. The van der Waals surface area contributed by atoms with E-state index in [1.807, 2.05) is 24.3 Å². The minimum absolute atomic E-state index is 0.285. The van der Waals surface area contributed by atoms with Gasteiger partial charge in [0.25, 0.3) is 5.56 Å². The number of hydrogen-bond donors (Lipinski definition) is 2. The molecule has 0 aliphatic heterocycles. The monoisotopic (exact) mass is 255 g/mol. The molecule has 0 aliphatic carbocycles. The van der Waals surface area contributed by atoms with Crippen LogP contribution in [0.1, 0.15) is 11.1 Å². The summed E-state index contributed by atoms with van der Waals surface area (Å²) in [6.07, 6.45) is 1.47. The molecule has 1 aromatic heterocycles. The lowest BCUT2D eigenvalue weighted by molar-refractivity contribution is 0.719. The maximum absolute atomic E-state index is 11.6. The lowest BCUT2D eigenvalue weighted by atomic mass is 10.1. The highest BCUT2D eigenvalue weighted by Gasteiger charge is 2.02. The van der Waals surface area contributed by atoms with Crippen LogP contribution in [0.4, 0.5) is 0 Å². The molecule has 0 radical (unpaired) electrons. The molecule has 0 bridgehead atoms. The molecule has 96 valence electrons. The molecule has 0 aliphatic rings. The first-order chi connectivity index (χ1) is 9.20. The summed E-state index contributed by atoms with van der Waals surface area (Å²) in [5.74, 6) is 5.75. The molecule has 5 nitrogen and oxygen atoms in total. The first-order valence-electron chi connectivity index (χ1n) is 5.77. The molecule has 2 rings (SSSR count). The zero-order chi connectivity index (χ0) is 13.7. The zero-order valence-electron chi connectivity index (χ0n) is 10.2. The van der Waals surface area contributed by atoms with Crippen molar-refractivity contribution in [2.75, 3.05) is 6.54 Å². The Balaban J connectivity index is 2.38. The van der Waals surface area contributed by atoms with Gasteiger partial charge in [0, 0.05) is 17.8 Å². The normalized spacial score (nSPS) is 9.74. The molecule has 0 atom stereocenters. The van der Waals surface area contributed by atoms with Crippen molar-refractivity contribution in [1.82, 2.24) is 9.55 Å². The van der Waals surface area contributed by atoms with Crippen LogP contribution in [0.2, 0.25) is 0 Å². The Labute approximate surface area is 109 Å². The Kier molecular flexibility index (Phi) is 3.96. The van der Waals surface area contributed by atoms with Crippen LogP contribution < -0.4 is 17.0 Å². The molecule has 0 fully saturated rings. The Morgan fingerprint density at radius 3 is 2.74 bits per heavy atom. The van der Waals surface area contributed by atoms with E-state index in [4.69, 9.17) is 5.73 Å². The molecule has 19 heavy (non-hydrogen) atoms. The van der Waals surface area contributed by atoms with E-state index in [2.05, 4.69) is 16.8 Å². The van der Waals surface area contributed by atoms with Crippen molar-refractivity contribution in [1.29, 1.82) is 0 Å². The summed E-state index contributed by atoms with van der Waals surface area (Å²) >= 11 is 0. The molecule has 0 saturated carbocycles. The van der Waals surface area contributed by atoms with Gasteiger partial charge in [0.05, 0.1) is 13.1 Å². The number of H-pyrrole nitrogens is 1. The highest BCUT2D eigenvalue weighted by atomic mass is 16.2. The summed E-state index contributed by atoms with van der Waals surface area (Å²) in [5.41, 5.74) is 6.24. The van der Waals surface area contributed by atoms with Crippen molar-refractivity contribution in [3.8, 4) is 11.8 Å². The minimum atomic E-state index is -0.436. The van der Waals surface area contributed by atoms with Crippen LogP contribution in [-0.2, 0) is 6.54 Å². The topological polar surface area (TPSA) is 80.9 Å². The standard InChI is InChI=1S/C14H13N3O2/c15-8-3-6-11-4-1-2-5-12(11)10-17-9-7-13(18)16-14(17)19/h1-2,4-5,7,9H,8,10,15H2,(H,16,18,19). The quantitative estimate of drug-likeness (QED) is 0.735. The van der Waals surface area contributed by atoms with Crippen molar-refractivity contribution in [3.05, 3.63) is 68.5 Å². The van der Waals surface area contributed by atoms with Gasteiger partial charge >= 0.3 is 5.69 Å². The summed E-state index contributed by atoms with van der Waals surface area (Å²) in [5, 5.41) is 0. The summed E-state index contributed by atoms with van der Waals surface area (Å²) in [6, 6.07) is 8.82. The lowest BCUT2D eigenvalue weighted by Crippen LogP contribution is -2.29. The third-order valence-electron chi connectivity index (χ3n) is 2.58. The molecule has 0 spiro atoms. The Hall–Kier alpha value is -2.58. The first-order valence-corrected chi connectivity index (χ1v) is 5.77. The molecule has 5 heteroatoms. The Bertz CT molecular complexity index is 747.